The van der Waals surface area contributed by atoms with Crippen molar-refractivity contribution in [3.63, 3.8) is 0 Å². The fourth-order valence-corrected chi connectivity index (χ4v) is 5.53. The number of benzene rings is 3. The molecule has 0 aromatic heterocycles. The summed E-state index contributed by atoms with van der Waals surface area (Å²) in [5.74, 6) is -0.352. The second-order valence-electron chi connectivity index (χ2n) is 8.71. The van der Waals surface area contributed by atoms with Gasteiger partial charge in [0.2, 0.25) is 11.8 Å². The molecule has 2 amide bonds. The van der Waals surface area contributed by atoms with E-state index in [1.165, 1.54) is 31.2 Å². The Balaban J connectivity index is 2.04. The number of methoxy groups -OCH3 is 1. The normalized spacial score (nSPS) is 11.9. The maximum Gasteiger partial charge on any atom is 0.264 e. The molecule has 0 aliphatic carbocycles. The average molecular weight is 558 g/mol. The van der Waals surface area contributed by atoms with Crippen LogP contribution in [0, 0.1) is 6.92 Å². The third-order valence-corrected chi connectivity index (χ3v) is 8.19. The number of nitrogens with one attached hydrogen (secondary N) is 1. The number of hydrogen-bond donors (Lipinski definition) is 1. The first-order valence-electron chi connectivity index (χ1n) is 12.1. The number of carbonyl (C=O) groups excluding carboxylic acids is 2. The molecule has 38 heavy (non-hydrogen) atoms. The van der Waals surface area contributed by atoms with Gasteiger partial charge in [0.05, 0.1) is 17.7 Å². The van der Waals surface area contributed by atoms with Gasteiger partial charge in [0.25, 0.3) is 10.0 Å². The molecule has 0 saturated carbocycles. The number of ether oxygens (including phenoxy) is 1. The van der Waals surface area contributed by atoms with E-state index < -0.39 is 28.5 Å². The van der Waals surface area contributed by atoms with E-state index in [0.29, 0.717) is 22.9 Å². The van der Waals surface area contributed by atoms with Gasteiger partial charge in [-0.15, -0.1) is 0 Å². The van der Waals surface area contributed by atoms with Crippen molar-refractivity contribution in [2.75, 3.05) is 25.0 Å². The van der Waals surface area contributed by atoms with Crippen molar-refractivity contribution >= 4 is 39.1 Å². The maximum absolute atomic E-state index is 13.9. The molecule has 10 heteroatoms. The summed E-state index contributed by atoms with van der Waals surface area (Å²) in [5, 5.41) is 3.15. The molecule has 3 aromatic carbocycles. The Kier molecular flexibility index (Phi) is 9.77. The van der Waals surface area contributed by atoms with E-state index in [9.17, 15) is 18.0 Å². The lowest BCUT2D eigenvalue weighted by molar-refractivity contribution is -0.140. The number of sulfonamides is 1. The first-order chi connectivity index (χ1) is 18.1. The third kappa shape index (κ3) is 6.85. The molecular formula is C28H32ClN3O5S. The molecule has 8 nitrogen and oxygen atoms in total. The van der Waals surface area contributed by atoms with Crippen LogP contribution in [0.15, 0.2) is 77.7 Å². The molecule has 0 saturated heterocycles. The highest BCUT2D eigenvalue weighted by Crippen LogP contribution is 2.26. The molecule has 1 N–H and O–H groups in total. The van der Waals surface area contributed by atoms with E-state index in [4.69, 9.17) is 16.3 Å². The van der Waals surface area contributed by atoms with Gasteiger partial charge < -0.3 is 15.0 Å². The Morgan fingerprint density at radius 3 is 2.11 bits per heavy atom. The maximum atomic E-state index is 13.9. The summed E-state index contributed by atoms with van der Waals surface area (Å²) in [4.78, 5) is 28.0. The smallest absolute Gasteiger partial charge is 0.264 e. The highest BCUT2D eigenvalue weighted by atomic mass is 35.5. The lowest BCUT2D eigenvalue weighted by Crippen LogP contribution is -2.51. The van der Waals surface area contributed by atoms with E-state index >= 15 is 0 Å². The lowest BCUT2D eigenvalue weighted by atomic mass is 10.1. The van der Waals surface area contributed by atoms with Crippen LogP contribution < -0.4 is 14.4 Å². The van der Waals surface area contributed by atoms with Gasteiger partial charge in [-0.25, -0.2) is 8.42 Å². The number of carbonyl (C=O) groups is 2. The largest absolute Gasteiger partial charge is 0.497 e. The van der Waals surface area contributed by atoms with Crippen molar-refractivity contribution in [2.45, 2.75) is 37.8 Å². The molecule has 202 valence electrons. The van der Waals surface area contributed by atoms with Crippen molar-refractivity contribution in [3.8, 4) is 5.75 Å². The SMILES string of the molecule is CC[C@H](C(=O)NC)N(Cc1ccc(Cl)cc1)C(=O)CN(c1ccc(C)cc1)S(=O)(=O)c1ccc(OC)cc1. The van der Waals surface area contributed by atoms with E-state index in [2.05, 4.69) is 5.32 Å². The standard InChI is InChI=1S/C28H32ClN3O5S/c1-5-26(28(34)30-3)31(18-21-8-10-22(29)11-9-21)27(33)19-32(23-12-6-20(2)7-13-23)38(35,36)25-16-14-24(37-4)15-17-25/h6-17,26H,5,18-19H2,1-4H3,(H,30,34)/t26-/m1/s1. The number of nitrogens with zero attached hydrogens (tertiary/aromatic N) is 2. The van der Waals surface area contributed by atoms with Crippen LogP contribution in [0.1, 0.15) is 24.5 Å². The van der Waals surface area contributed by atoms with Crippen LogP contribution in [-0.2, 0) is 26.2 Å². The zero-order chi connectivity index (χ0) is 27.9. The summed E-state index contributed by atoms with van der Waals surface area (Å²) in [7, 11) is -1.15. The Bertz CT molecular complexity index is 1340. The predicted octanol–water partition coefficient (Wildman–Crippen LogP) is 4.41. The predicted molar refractivity (Wildman–Crippen MR) is 149 cm³/mol. The second kappa shape index (κ2) is 12.8. The zero-order valence-electron chi connectivity index (χ0n) is 21.8. The minimum atomic E-state index is -4.14. The van der Waals surface area contributed by atoms with Gasteiger partial charge in [-0.1, -0.05) is 48.4 Å². The van der Waals surface area contributed by atoms with E-state index in [0.717, 1.165) is 15.4 Å². The summed E-state index contributed by atoms with van der Waals surface area (Å²) in [6.07, 6.45) is 0.342. The van der Waals surface area contributed by atoms with Gasteiger partial charge in [0.15, 0.2) is 0 Å². The molecule has 0 radical (unpaired) electrons. The van der Waals surface area contributed by atoms with Crippen molar-refractivity contribution < 1.29 is 22.7 Å². The van der Waals surface area contributed by atoms with Crippen LogP contribution >= 0.6 is 11.6 Å². The molecule has 0 heterocycles. The first-order valence-corrected chi connectivity index (χ1v) is 13.9. The quantitative estimate of drug-likeness (QED) is 0.377. The molecule has 0 bridgehead atoms. The highest BCUT2D eigenvalue weighted by molar-refractivity contribution is 7.92. The summed E-state index contributed by atoms with van der Waals surface area (Å²) >= 11 is 6.02. The molecule has 0 unspecified atom stereocenters. The van der Waals surface area contributed by atoms with Gasteiger partial charge in [0, 0.05) is 18.6 Å². The number of aryl methyl sites for hydroxylation is 1. The number of anilines is 1. The molecule has 0 aliphatic rings. The van der Waals surface area contributed by atoms with Crippen LogP contribution in [0.4, 0.5) is 5.69 Å². The molecule has 1 atom stereocenters. The van der Waals surface area contributed by atoms with Crippen LogP contribution in [0.5, 0.6) is 5.75 Å². The molecule has 0 aliphatic heterocycles. The highest BCUT2D eigenvalue weighted by Gasteiger charge is 2.33. The van der Waals surface area contributed by atoms with E-state index in [-0.39, 0.29) is 17.3 Å². The Hall–Kier alpha value is -3.56. The topological polar surface area (TPSA) is 96.0 Å². The monoisotopic (exact) mass is 557 g/mol. The van der Waals surface area contributed by atoms with Crippen LogP contribution in [-0.4, -0.2) is 51.9 Å². The van der Waals surface area contributed by atoms with Crippen molar-refractivity contribution in [2.24, 2.45) is 0 Å². The number of amides is 2. The summed E-state index contributed by atoms with van der Waals surface area (Å²) < 4.78 is 33.9. The van der Waals surface area contributed by atoms with Gasteiger partial charge in [-0.05, 0) is 67.4 Å². The number of hydrogen-bond acceptors (Lipinski definition) is 5. The minimum Gasteiger partial charge on any atom is -0.497 e. The number of rotatable bonds is 11. The van der Waals surface area contributed by atoms with Crippen LogP contribution in [0.2, 0.25) is 5.02 Å². The molecule has 0 fully saturated rings. The summed E-state index contributed by atoms with van der Waals surface area (Å²) in [6, 6.07) is 19.0. The zero-order valence-corrected chi connectivity index (χ0v) is 23.4. The lowest BCUT2D eigenvalue weighted by Gasteiger charge is -2.33. The summed E-state index contributed by atoms with van der Waals surface area (Å²) in [5.41, 5.74) is 2.03. The molecule has 3 aromatic rings. The Morgan fingerprint density at radius 2 is 1.58 bits per heavy atom. The van der Waals surface area contributed by atoms with Crippen LogP contribution in [0.3, 0.4) is 0 Å². The molecule has 3 rings (SSSR count). The first kappa shape index (κ1) is 29.0. The number of likely N-dealkylation sites (N-methyl/N-ethyl adjacent to an activating group) is 1. The molecular weight excluding hydrogens is 526 g/mol. The average Bonchev–Trinajstić information content (AvgIpc) is 2.92. The van der Waals surface area contributed by atoms with Gasteiger partial charge >= 0.3 is 0 Å². The third-order valence-electron chi connectivity index (χ3n) is 6.15. The van der Waals surface area contributed by atoms with Gasteiger partial charge in [-0.3, -0.25) is 13.9 Å². The molecule has 0 spiro atoms. The fourth-order valence-electron chi connectivity index (χ4n) is 3.99. The Morgan fingerprint density at radius 1 is 0.974 bits per heavy atom. The number of halogens is 1. The second-order valence-corrected chi connectivity index (χ2v) is 11.0. The minimum absolute atomic E-state index is 0.00858. The van der Waals surface area contributed by atoms with Crippen LogP contribution in [0.25, 0.3) is 0 Å². The van der Waals surface area contributed by atoms with Crippen molar-refractivity contribution in [3.05, 3.63) is 88.9 Å². The van der Waals surface area contributed by atoms with Crippen molar-refractivity contribution in [1.82, 2.24) is 10.2 Å². The van der Waals surface area contributed by atoms with Gasteiger partial charge in [-0.2, -0.15) is 0 Å². The Labute approximate surface area is 229 Å². The van der Waals surface area contributed by atoms with E-state index in [1.807, 2.05) is 6.92 Å². The summed E-state index contributed by atoms with van der Waals surface area (Å²) in [6.45, 7) is 3.29. The van der Waals surface area contributed by atoms with Crippen molar-refractivity contribution in [1.29, 1.82) is 0 Å². The fraction of sp³-hybridized carbons (Fsp3) is 0.286. The van der Waals surface area contributed by atoms with E-state index in [1.54, 1.807) is 67.6 Å². The van der Waals surface area contributed by atoms with Gasteiger partial charge in [0.1, 0.15) is 18.3 Å².